The zero-order chi connectivity index (χ0) is 21.5. The van der Waals surface area contributed by atoms with Crippen molar-refractivity contribution in [3.8, 4) is 16.9 Å². The molecule has 30 heavy (non-hydrogen) atoms. The highest BCUT2D eigenvalue weighted by atomic mass is 16.2. The average Bonchev–Trinajstić information content (AvgIpc) is 3.18. The number of nitrogens with zero attached hydrogens (tertiary/aromatic N) is 3. The van der Waals surface area contributed by atoms with Crippen molar-refractivity contribution in [2.24, 2.45) is 0 Å². The molecule has 0 saturated heterocycles. The first-order chi connectivity index (χ1) is 14.5. The maximum Gasteiger partial charge on any atom is 0.321 e. The summed E-state index contributed by atoms with van der Waals surface area (Å²) in [6, 6.07) is 18.9. The Morgan fingerprint density at radius 2 is 1.70 bits per heavy atom. The fraction of sp³-hybridized carbons (Fsp3) is 0.261. The molecule has 0 aliphatic rings. The summed E-state index contributed by atoms with van der Waals surface area (Å²) in [5.41, 5.74) is 3.83. The molecule has 3 amide bonds. The monoisotopic (exact) mass is 405 g/mol. The Kier molecular flexibility index (Phi) is 6.98. The third-order valence-electron chi connectivity index (χ3n) is 4.89. The number of hydrogen-bond acceptors (Lipinski definition) is 4. The number of imide groups is 1. The second-order valence-corrected chi connectivity index (χ2v) is 7.09. The summed E-state index contributed by atoms with van der Waals surface area (Å²) >= 11 is 0. The van der Waals surface area contributed by atoms with Crippen molar-refractivity contribution in [1.29, 1.82) is 0 Å². The zero-order valence-electron chi connectivity index (χ0n) is 17.5. The van der Waals surface area contributed by atoms with Crippen LogP contribution in [0, 0.1) is 0 Å². The highest BCUT2D eigenvalue weighted by Crippen LogP contribution is 2.25. The fourth-order valence-electron chi connectivity index (χ4n) is 3.10. The third kappa shape index (κ3) is 5.12. The topological polar surface area (TPSA) is 79.3 Å². The molecule has 0 bridgehead atoms. The van der Waals surface area contributed by atoms with Crippen LogP contribution in [-0.2, 0) is 11.3 Å². The number of hydrogen-bond donors (Lipinski definition) is 2. The van der Waals surface area contributed by atoms with Gasteiger partial charge in [0.15, 0.2) is 0 Å². The number of likely N-dealkylation sites (N-methyl/N-ethyl adjacent to an activating group) is 1. The summed E-state index contributed by atoms with van der Waals surface area (Å²) in [5.74, 6) is -0.347. The lowest BCUT2D eigenvalue weighted by atomic mass is 10.1. The Hall–Kier alpha value is -3.45. The van der Waals surface area contributed by atoms with Gasteiger partial charge >= 0.3 is 6.03 Å². The van der Waals surface area contributed by atoms with Gasteiger partial charge in [-0.15, -0.1) is 0 Å². The van der Waals surface area contributed by atoms with E-state index in [0.717, 1.165) is 22.5 Å². The predicted molar refractivity (Wildman–Crippen MR) is 117 cm³/mol. The molecule has 0 aliphatic carbocycles. The lowest BCUT2D eigenvalue weighted by Gasteiger charge is -2.23. The number of carbonyl (C=O) groups is 2. The van der Waals surface area contributed by atoms with E-state index in [4.69, 9.17) is 5.10 Å². The Labute approximate surface area is 176 Å². The second kappa shape index (κ2) is 9.84. The molecule has 3 aromatic rings. The minimum Gasteiger partial charge on any atom is -0.338 e. The van der Waals surface area contributed by atoms with Crippen LogP contribution in [0.5, 0.6) is 0 Å². The number of amides is 3. The van der Waals surface area contributed by atoms with Crippen molar-refractivity contribution in [2.45, 2.75) is 26.4 Å². The number of carbonyl (C=O) groups excluding carboxylic acids is 2. The summed E-state index contributed by atoms with van der Waals surface area (Å²) < 4.78 is 1.85. The van der Waals surface area contributed by atoms with Crippen LogP contribution in [0.1, 0.15) is 19.4 Å². The molecule has 7 heteroatoms. The van der Waals surface area contributed by atoms with Crippen molar-refractivity contribution < 1.29 is 9.59 Å². The van der Waals surface area contributed by atoms with Crippen molar-refractivity contribution in [3.63, 3.8) is 0 Å². The Morgan fingerprint density at radius 1 is 1.07 bits per heavy atom. The predicted octanol–water partition coefficient (Wildman–Crippen LogP) is 3.21. The molecule has 3 rings (SSSR count). The van der Waals surface area contributed by atoms with Gasteiger partial charge in [0.05, 0.1) is 17.4 Å². The summed E-state index contributed by atoms with van der Waals surface area (Å²) in [4.78, 5) is 26.0. The van der Waals surface area contributed by atoms with Gasteiger partial charge in [0.1, 0.15) is 0 Å². The molecule has 0 saturated carbocycles. The number of rotatable bonds is 7. The standard InChI is InChI=1S/C23H27N5O2/c1-4-24-23(30)25-22(29)17(2)27(3)15-19-16-28(20-13-9-6-10-14-20)26-21(19)18-11-7-5-8-12-18/h5-14,16-17H,4,15H2,1-3H3,(H2,24,25,29,30). The first-order valence-electron chi connectivity index (χ1n) is 9.98. The van der Waals surface area contributed by atoms with Crippen LogP contribution in [-0.4, -0.2) is 46.3 Å². The molecule has 1 unspecified atom stereocenters. The Morgan fingerprint density at radius 3 is 2.33 bits per heavy atom. The second-order valence-electron chi connectivity index (χ2n) is 7.09. The molecular formula is C23H27N5O2. The van der Waals surface area contributed by atoms with Crippen molar-refractivity contribution >= 4 is 11.9 Å². The minimum atomic E-state index is -0.490. The molecule has 1 heterocycles. The summed E-state index contributed by atoms with van der Waals surface area (Å²) in [6.07, 6.45) is 1.99. The molecule has 1 aromatic heterocycles. The minimum absolute atomic E-state index is 0.347. The number of para-hydroxylation sites is 1. The van der Waals surface area contributed by atoms with Gasteiger partial charge in [-0.05, 0) is 33.0 Å². The smallest absolute Gasteiger partial charge is 0.321 e. The fourth-order valence-corrected chi connectivity index (χ4v) is 3.10. The van der Waals surface area contributed by atoms with Crippen LogP contribution in [0.25, 0.3) is 16.9 Å². The number of urea groups is 1. The zero-order valence-corrected chi connectivity index (χ0v) is 17.5. The number of nitrogens with one attached hydrogen (secondary N) is 2. The van der Waals surface area contributed by atoms with Gasteiger partial charge in [0.2, 0.25) is 5.91 Å². The van der Waals surface area contributed by atoms with Crippen LogP contribution in [0.2, 0.25) is 0 Å². The molecule has 2 N–H and O–H groups in total. The first-order valence-corrected chi connectivity index (χ1v) is 9.98. The van der Waals surface area contributed by atoms with Crippen molar-refractivity contribution in [3.05, 3.63) is 72.4 Å². The van der Waals surface area contributed by atoms with Crippen LogP contribution < -0.4 is 10.6 Å². The van der Waals surface area contributed by atoms with Crippen LogP contribution >= 0.6 is 0 Å². The van der Waals surface area contributed by atoms with Gasteiger partial charge in [-0.3, -0.25) is 15.0 Å². The highest BCUT2D eigenvalue weighted by molar-refractivity contribution is 5.96. The van der Waals surface area contributed by atoms with E-state index in [1.54, 1.807) is 13.8 Å². The van der Waals surface area contributed by atoms with E-state index in [9.17, 15) is 9.59 Å². The molecule has 0 radical (unpaired) electrons. The highest BCUT2D eigenvalue weighted by Gasteiger charge is 2.22. The Balaban J connectivity index is 1.84. The van der Waals surface area contributed by atoms with Gasteiger partial charge in [-0.2, -0.15) is 5.10 Å². The molecule has 0 spiro atoms. The van der Waals surface area contributed by atoms with E-state index in [0.29, 0.717) is 13.1 Å². The van der Waals surface area contributed by atoms with E-state index < -0.39 is 12.1 Å². The maximum atomic E-state index is 12.4. The summed E-state index contributed by atoms with van der Waals surface area (Å²) in [6.45, 7) is 4.54. The lowest BCUT2D eigenvalue weighted by molar-refractivity contribution is -0.124. The van der Waals surface area contributed by atoms with E-state index in [1.807, 2.05) is 83.5 Å². The summed E-state index contributed by atoms with van der Waals surface area (Å²) in [5, 5.41) is 9.75. The lowest BCUT2D eigenvalue weighted by Crippen LogP contribution is -2.48. The normalized spacial score (nSPS) is 11.9. The molecule has 2 aromatic carbocycles. The number of aromatic nitrogens is 2. The molecule has 7 nitrogen and oxygen atoms in total. The molecule has 1 atom stereocenters. The van der Waals surface area contributed by atoms with Gasteiger partial charge in [-0.25, -0.2) is 9.48 Å². The molecule has 0 fully saturated rings. The SMILES string of the molecule is CCNC(=O)NC(=O)C(C)N(C)Cc1cn(-c2ccccc2)nc1-c1ccccc1. The molecule has 156 valence electrons. The quantitative estimate of drug-likeness (QED) is 0.633. The summed E-state index contributed by atoms with van der Waals surface area (Å²) in [7, 11) is 1.86. The van der Waals surface area contributed by atoms with Crippen LogP contribution in [0.3, 0.4) is 0 Å². The third-order valence-corrected chi connectivity index (χ3v) is 4.89. The van der Waals surface area contributed by atoms with E-state index >= 15 is 0 Å². The van der Waals surface area contributed by atoms with Crippen molar-refractivity contribution in [2.75, 3.05) is 13.6 Å². The van der Waals surface area contributed by atoms with E-state index in [2.05, 4.69) is 10.6 Å². The first kappa shape index (κ1) is 21.3. The van der Waals surface area contributed by atoms with E-state index in [1.165, 1.54) is 0 Å². The van der Waals surface area contributed by atoms with Crippen LogP contribution in [0.4, 0.5) is 4.79 Å². The van der Waals surface area contributed by atoms with Gasteiger partial charge < -0.3 is 5.32 Å². The van der Waals surface area contributed by atoms with Gasteiger partial charge in [0, 0.05) is 30.4 Å². The molecule has 0 aliphatic heterocycles. The van der Waals surface area contributed by atoms with E-state index in [-0.39, 0.29) is 5.91 Å². The van der Waals surface area contributed by atoms with Gasteiger partial charge in [-0.1, -0.05) is 48.5 Å². The van der Waals surface area contributed by atoms with Gasteiger partial charge in [0.25, 0.3) is 0 Å². The average molecular weight is 406 g/mol. The van der Waals surface area contributed by atoms with Crippen molar-refractivity contribution in [1.82, 2.24) is 25.3 Å². The Bertz CT molecular complexity index is 985. The molecular weight excluding hydrogens is 378 g/mol. The maximum absolute atomic E-state index is 12.4. The number of benzene rings is 2. The largest absolute Gasteiger partial charge is 0.338 e. The van der Waals surface area contributed by atoms with Crippen LogP contribution in [0.15, 0.2) is 66.9 Å².